The molecule has 0 spiro atoms. The SMILES string of the molecule is CCC(C)C(C(=O)NC#N)c1ccccc1. The number of rotatable bonds is 4. The molecule has 16 heavy (non-hydrogen) atoms. The molecule has 0 fully saturated rings. The molecule has 2 unspecified atom stereocenters. The van der Waals surface area contributed by atoms with E-state index in [0.717, 1.165) is 12.0 Å². The van der Waals surface area contributed by atoms with E-state index < -0.39 is 0 Å². The summed E-state index contributed by atoms with van der Waals surface area (Å²) in [5.41, 5.74) is 0.963. The van der Waals surface area contributed by atoms with Gasteiger partial charge in [0, 0.05) is 0 Å². The van der Waals surface area contributed by atoms with Crippen molar-refractivity contribution >= 4 is 5.91 Å². The van der Waals surface area contributed by atoms with E-state index in [1.807, 2.05) is 44.2 Å². The van der Waals surface area contributed by atoms with Gasteiger partial charge in [-0.2, -0.15) is 5.26 Å². The minimum absolute atomic E-state index is 0.218. The third-order valence-electron chi connectivity index (χ3n) is 2.83. The van der Waals surface area contributed by atoms with Crippen LogP contribution in [-0.2, 0) is 4.79 Å². The molecule has 2 atom stereocenters. The van der Waals surface area contributed by atoms with Gasteiger partial charge >= 0.3 is 0 Å². The van der Waals surface area contributed by atoms with Gasteiger partial charge in [-0.15, -0.1) is 0 Å². The Morgan fingerprint density at radius 1 is 1.44 bits per heavy atom. The molecule has 0 saturated heterocycles. The topological polar surface area (TPSA) is 52.9 Å². The highest BCUT2D eigenvalue weighted by Gasteiger charge is 2.25. The van der Waals surface area contributed by atoms with Crippen LogP contribution in [0.5, 0.6) is 0 Å². The Morgan fingerprint density at radius 3 is 2.56 bits per heavy atom. The fraction of sp³-hybridized carbons (Fsp3) is 0.385. The van der Waals surface area contributed by atoms with E-state index in [4.69, 9.17) is 5.26 Å². The van der Waals surface area contributed by atoms with Gasteiger partial charge < -0.3 is 0 Å². The summed E-state index contributed by atoms with van der Waals surface area (Å²) < 4.78 is 0. The van der Waals surface area contributed by atoms with Crippen LogP contribution in [0.2, 0.25) is 0 Å². The Hall–Kier alpha value is -1.82. The van der Waals surface area contributed by atoms with E-state index in [0.29, 0.717) is 0 Å². The maximum absolute atomic E-state index is 11.8. The molecule has 1 N–H and O–H groups in total. The van der Waals surface area contributed by atoms with Gasteiger partial charge in [0.25, 0.3) is 0 Å². The highest BCUT2D eigenvalue weighted by Crippen LogP contribution is 2.26. The van der Waals surface area contributed by atoms with Crippen LogP contribution in [-0.4, -0.2) is 5.91 Å². The highest BCUT2D eigenvalue weighted by molar-refractivity contribution is 5.85. The number of hydrogen-bond donors (Lipinski definition) is 1. The van der Waals surface area contributed by atoms with Crippen molar-refractivity contribution in [3.63, 3.8) is 0 Å². The zero-order chi connectivity index (χ0) is 12.0. The van der Waals surface area contributed by atoms with Crippen LogP contribution < -0.4 is 5.32 Å². The molecule has 84 valence electrons. The first-order valence-corrected chi connectivity index (χ1v) is 5.44. The standard InChI is InChI=1S/C13H16N2O/c1-3-10(2)12(13(16)15-9-14)11-7-5-4-6-8-11/h4-8,10,12H,3H2,1-2H3,(H,15,16). The van der Waals surface area contributed by atoms with E-state index in [2.05, 4.69) is 5.32 Å². The maximum Gasteiger partial charge on any atom is 0.240 e. The first kappa shape index (κ1) is 12.3. The van der Waals surface area contributed by atoms with Crippen LogP contribution in [0.15, 0.2) is 30.3 Å². The lowest BCUT2D eigenvalue weighted by Gasteiger charge is -2.20. The smallest absolute Gasteiger partial charge is 0.240 e. The number of benzene rings is 1. The number of carbonyl (C=O) groups is 1. The minimum Gasteiger partial charge on any atom is -0.273 e. The van der Waals surface area contributed by atoms with Gasteiger partial charge in [0.2, 0.25) is 5.91 Å². The van der Waals surface area contributed by atoms with Crippen LogP contribution in [0, 0.1) is 17.4 Å². The van der Waals surface area contributed by atoms with Crippen LogP contribution >= 0.6 is 0 Å². The molecular formula is C13H16N2O. The summed E-state index contributed by atoms with van der Waals surface area (Å²) in [4.78, 5) is 11.8. The predicted octanol–water partition coefficient (Wildman–Crippen LogP) is 2.41. The molecule has 1 amide bonds. The fourth-order valence-corrected chi connectivity index (χ4v) is 1.77. The fourth-order valence-electron chi connectivity index (χ4n) is 1.77. The lowest BCUT2D eigenvalue weighted by molar-refractivity contribution is -0.122. The molecule has 0 aliphatic rings. The lowest BCUT2D eigenvalue weighted by atomic mass is 9.85. The summed E-state index contributed by atoms with van der Waals surface area (Å²) in [6.45, 7) is 4.06. The lowest BCUT2D eigenvalue weighted by Crippen LogP contribution is -2.29. The number of nitriles is 1. The van der Waals surface area contributed by atoms with Crippen molar-refractivity contribution in [3.05, 3.63) is 35.9 Å². The molecule has 0 heterocycles. The number of nitrogens with one attached hydrogen (secondary N) is 1. The van der Waals surface area contributed by atoms with Gasteiger partial charge in [0.15, 0.2) is 6.19 Å². The zero-order valence-electron chi connectivity index (χ0n) is 9.60. The van der Waals surface area contributed by atoms with Gasteiger partial charge in [-0.3, -0.25) is 10.1 Å². The Labute approximate surface area is 96.1 Å². The second-order valence-electron chi connectivity index (χ2n) is 3.87. The Kier molecular flexibility index (Phi) is 4.53. The minimum atomic E-state index is -0.245. The summed E-state index contributed by atoms with van der Waals surface area (Å²) in [6, 6.07) is 9.58. The first-order valence-electron chi connectivity index (χ1n) is 5.44. The molecule has 0 radical (unpaired) electrons. The molecule has 0 bridgehead atoms. The van der Waals surface area contributed by atoms with Crippen LogP contribution in [0.4, 0.5) is 0 Å². The average molecular weight is 216 g/mol. The van der Waals surface area contributed by atoms with Gasteiger partial charge in [0.1, 0.15) is 0 Å². The number of amides is 1. The Morgan fingerprint density at radius 2 is 2.06 bits per heavy atom. The average Bonchev–Trinajstić information content (AvgIpc) is 2.31. The molecule has 3 nitrogen and oxygen atoms in total. The number of carbonyl (C=O) groups excluding carboxylic acids is 1. The van der Waals surface area contributed by atoms with Gasteiger partial charge in [-0.1, -0.05) is 50.6 Å². The van der Waals surface area contributed by atoms with Crippen molar-refractivity contribution in [2.45, 2.75) is 26.2 Å². The largest absolute Gasteiger partial charge is 0.273 e. The summed E-state index contributed by atoms with van der Waals surface area (Å²) in [6.07, 6.45) is 2.60. The maximum atomic E-state index is 11.8. The highest BCUT2D eigenvalue weighted by atomic mass is 16.1. The second-order valence-corrected chi connectivity index (χ2v) is 3.87. The first-order chi connectivity index (χ1) is 7.70. The van der Waals surface area contributed by atoms with Gasteiger partial charge in [-0.25, -0.2) is 0 Å². The normalized spacial score (nSPS) is 13.6. The Bertz CT molecular complexity index is 381. The number of hydrogen-bond acceptors (Lipinski definition) is 2. The molecule has 0 aliphatic carbocycles. The summed E-state index contributed by atoms with van der Waals surface area (Å²) in [5.74, 6) is -0.246. The van der Waals surface area contributed by atoms with Crippen molar-refractivity contribution in [1.29, 1.82) is 5.26 Å². The van der Waals surface area contributed by atoms with E-state index >= 15 is 0 Å². The third kappa shape index (κ3) is 2.83. The molecule has 0 aromatic heterocycles. The number of nitrogens with zero attached hydrogens (tertiary/aromatic N) is 1. The molecule has 0 aliphatic heterocycles. The summed E-state index contributed by atoms with van der Waals surface area (Å²) in [7, 11) is 0. The van der Waals surface area contributed by atoms with Gasteiger partial charge in [-0.05, 0) is 11.5 Å². The van der Waals surface area contributed by atoms with Crippen molar-refractivity contribution in [1.82, 2.24) is 5.32 Å². The van der Waals surface area contributed by atoms with Crippen LogP contribution in [0.3, 0.4) is 0 Å². The van der Waals surface area contributed by atoms with Crippen LogP contribution in [0.1, 0.15) is 31.7 Å². The molecule has 0 saturated carbocycles. The summed E-state index contributed by atoms with van der Waals surface area (Å²) >= 11 is 0. The quantitative estimate of drug-likeness (QED) is 0.620. The molecule has 1 aromatic carbocycles. The summed E-state index contributed by atoms with van der Waals surface area (Å²) in [5, 5.41) is 10.7. The van der Waals surface area contributed by atoms with E-state index in [9.17, 15) is 4.79 Å². The van der Waals surface area contributed by atoms with E-state index in [1.165, 1.54) is 0 Å². The van der Waals surface area contributed by atoms with Crippen molar-refractivity contribution in [3.8, 4) is 6.19 Å². The van der Waals surface area contributed by atoms with Gasteiger partial charge in [0.05, 0.1) is 5.92 Å². The Balaban J connectivity index is 2.97. The van der Waals surface area contributed by atoms with Crippen molar-refractivity contribution in [2.75, 3.05) is 0 Å². The van der Waals surface area contributed by atoms with E-state index in [1.54, 1.807) is 6.19 Å². The molecular weight excluding hydrogens is 200 g/mol. The van der Waals surface area contributed by atoms with Crippen LogP contribution in [0.25, 0.3) is 0 Å². The zero-order valence-corrected chi connectivity index (χ0v) is 9.60. The molecule has 3 heteroatoms. The van der Waals surface area contributed by atoms with Crippen molar-refractivity contribution < 1.29 is 4.79 Å². The van der Waals surface area contributed by atoms with E-state index in [-0.39, 0.29) is 17.7 Å². The third-order valence-corrected chi connectivity index (χ3v) is 2.83. The second kappa shape index (κ2) is 5.92. The molecule has 1 rings (SSSR count). The predicted molar refractivity (Wildman–Crippen MR) is 62.4 cm³/mol. The monoisotopic (exact) mass is 216 g/mol. The van der Waals surface area contributed by atoms with Crippen molar-refractivity contribution in [2.24, 2.45) is 5.92 Å². The molecule has 1 aromatic rings.